The molecule has 0 radical (unpaired) electrons. The Morgan fingerprint density at radius 1 is 1.39 bits per heavy atom. The number of esters is 1. The maximum atomic E-state index is 13.9. The third-order valence-electron chi connectivity index (χ3n) is 4.80. The summed E-state index contributed by atoms with van der Waals surface area (Å²) < 4.78 is 19.2. The predicted molar refractivity (Wildman–Crippen MR) is 107 cm³/mol. The number of fused-ring (bicyclic) bond motifs is 1. The minimum absolute atomic E-state index is 0.207. The van der Waals surface area contributed by atoms with Crippen LogP contribution in [0.15, 0.2) is 48.2 Å². The zero-order valence-corrected chi connectivity index (χ0v) is 16.6. The molecule has 2 aliphatic rings. The quantitative estimate of drug-likeness (QED) is 0.498. The third-order valence-corrected chi connectivity index (χ3v) is 5.81. The van der Waals surface area contributed by atoms with E-state index in [-0.39, 0.29) is 18.0 Å². The van der Waals surface area contributed by atoms with Gasteiger partial charge in [-0.3, -0.25) is 10.1 Å². The monoisotopic (exact) mass is 405 g/mol. The Morgan fingerprint density at radius 3 is 2.86 bits per heavy atom. The number of rotatable bonds is 6. The van der Waals surface area contributed by atoms with Crippen LogP contribution in [0.25, 0.3) is 0 Å². The average molecular weight is 405 g/mol. The average Bonchev–Trinajstić information content (AvgIpc) is 2.65. The van der Waals surface area contributed by atoms with Crippen molar-refractivity contribution in [2.24, 2.45) is 5.92 Å². The van der Waals surface area contributed by atoms with E-state index in [1.165, 1.54) is 23.9 Å². The second kappa shape index (κ2) is 8.79. The van der Waals surface area contributed by atoms with Crippen LogP contribution in [0.2, 0.25) is 0 Å². The van der Waals surface area contributed by atoms with Crippen LogP contribution in [0.5, 0.6) is 0 Å². The predicted octanol–water partition coefficient (Wildman–Crippen LogP) is 2.21. The molecule has 0 saturated carbocycles. The molecular formula is C20H24FN3O3S. The summed E-state index contributed by atoms with van der Waals surface area (Å²) in [6.45, 7) is 7.40. The molecule has 1 amide bonds. The molecule has 2 heterocycles. The number of ether oxygens (including phenoxy) is 1. The van der Waals surface area contributed by atoms with Gasteiger partial charge in [0.2, 0.25) is 5.91 Å². The van der Waals surface area contributed by atoms with Crippen molar-refractivity contribution >= 4 is 23.6 Å². The zero-order chi connectivity index (χ0) is 20.3. The van der Waals surface area contributed by atoms with E-state index in [9.17, 15) is 14.0 Å². The number of allylic oxidation sites excluding steroid dienone is 1. The zero-order valence-electron chi connectivity index (χ0n) is 15.8. The van der Waals surface area contributed by atoms with Gasteiger partial charge in [0, 0.05) is 17.4 Å². The summed E-state index contributed by atoms with van der Waals surface area (Å²) in [5, 5.41) is 9.51. The Bertz CT molecular complexity index is 814. The number of nitrogens with one attached hydrogen (secondary N) is 3. The van der Waals surface area contributed by atoms with E-state index >= 15 is 0 Å². The van der Waals surface area contributed by atoms with Crippen molar-refractivity contribution in [2.45, 2.75) is 31.4 Å². The Hall–Kier alpha value is -2.32. The van der Waals surface area contributed by atoms with Crippen LogP contribution < -0.4 is 16.0 Å². The highest BCUT2D eigenvalue weighted by atomic mass is 32.2. The molecule has 4 unspecified atom stereocenters. The lowest BCUT2D eigenvalue weighted by Crippen LogP contribution is -2.67. The van der Waals surface area contributed by atoms with Crippen molar-refractivity contribution in [1.29, 1.82) is 0 Å². The smallest absolute Gasteiger partial charge is 0.336 e. The number of hydrogen-bond donors (Lipinski definition) is 3. The molecule has 6 nitrogen and oxygen atoms in total. The number of amides is 1. The van der Waals surface area contributed by atoms with Gasteiger partial charge >= 0.3 is 5.97 Å². The Balaban J connectivity index is 2.03. The summed E-state index contributed by atoms with van der Waals surface area (Å²) in [5.74, 6) is -1.72. The molecular weight excluding hydrogens is 381 g/mol. The first kappa shape index (κ1) is 20.4. The van der Waals surface area contributed by atoms with E-state index in [2.05, 4.69) is 22.5 Å². The van der Waals surface area contributed by atoms with Crippen LogP contribution in [0.3, 0.4) is 0 Å². The molecule has 28 heavy (non-hydrogen) atoms. The van der Waals surface area contributed by atoms with E-state index in [1.807, 2.05) is 0 Å². The molecule has 4 atom stereocenters. The van der Waals surface area contributed by atoms with Crippen LogP contribution in [0.1, 0.15) is 25.3 Å². The second-order valence-corrected chi connectivity index (χ2v) is 7.75. The van der Waals surface area contributed by atoms with Crippen molar-refractivity contribution in [3.63, 3.8) is 0 Å². The minimum atomic E-state index is -0.634. The van der Waals surface area contributed by atoms with E-state index < -0.39 is 29.8 Å². The van der Waals surface area contributed by atoms with E-state index in [4.69, 9.17) is 4.74 Å². The molecule has 3 N–H and O–H groups in total. The van der Waals surface area contributed by atoms with Crippen molar-refractivity contribution in [3.8, 4) is 0 Å². The minimum Gasteiger partial charge on any atom is -0.463 e. The van der Waals surface area contributed by atoms with Crippen LogP contribution in [0.4, 0.5) is 4.39 Å². The van der Waals surface area contributed by atoms with Gasteiger partial charge in [-0.1, -0.05) is 18.2 Å². The largest absolute Gasteiger partial charge is 0.463 e. The van der Waals surface area contributed by atoms with Gasteiger partial charge in [0.25, 0.3) is 0 Å². The second-order valence-electron chi connectivity index (χ2n) is 6.62. The fraction of sp³-hybridized carbons (Fsp3) is 0.400. The molecule has 1 fully saturated rings. The summed E-state index contributed by atoms with van der Waals surface area (Å²) in [6.07, 6.45) is 1.36. The van der Waals surface area contributed by atoms with Crippen molar-refractivity contribution < 1.29 is 18.7 Å². The van der Waals surface area contributed by atoms with Crippen LogP contribution in [-0.2, 0) is 14.3 Å². The van der Waals surface area contributed by atoms with Crippen molar-refractivity contribution in [3.05, 3.63) is 59.6 Å². The van der Waals surface area contributed by atoms with Gasteiger partial charge in [0.15, 0.2) is 0 Å². The lowest BCUT2D eigenvalue weighted by Gasteiger charge is -2.45. The molecule has 150 valence electrons. The summed E-state index contributed by atoms with van der Waals surface area (Å²) >= 11 is 1.50. The Morgan fingerprint density at radius 2 is 2.18 bits per heavy atom. The first-order valence-corrected chi connectivity index (χ1v) is 10.2. The fourth-order valence-electron chi connectivity index (χ4n) is 3.70. The van der Waals surface area contributed by atoms with Gasteiger partial charge in [0.05, 0.1) is 24.3 Å². The summed E-state index contributed by atoms with van der Waals surface area (Å²) in [4.78, 5) is 25.7. The highest BCUT2D eigenvalue weighted by molar-refractivity contribution is 7.99. The standard InChI is InChI=1S/C20H24FN3O3S/c1-4-9-28-20-23-17-16(18(25)24-20)15(12-7-6-8-13(21)10-12)14(11(3)22-17)19(26)27-5-2/h4,6-8,10,15-17,20,22-23H,1,5,9H2,2-3H3,(H,24,25). The summed E-state index contributed by atoms with van der Waals surface area (Å²) in [5.41, 5.74) is 1.24. The Labute approximate surface area is 168 Å². The van der Waals surface area contributed by atoms with Crippen molar-refractivity contribution in [2.75, 3.05) is 12.4 Å². The van der Waals surface area contributed by atoms with Crippen LogP contribution >= 0.6 is 11.8 Å². The van der Waals surface area contributed by atoms with E-state index in [0.29, 0.717) is 22.6 Å². The number of benzene rings is 1. The lowest BCUT2D eigenvalue weighted by molar-refractivity contribution is -0.139. The maximum Gasteiger partial charge on any atom is 0.336 e. The number of halogens is 1. The molecule has 8 heteroatoms. The summed E-state index contributed by atoms with van der Waals surface area (Å²) in [7, 11) is 0. The van der Waals surface area contributed by atoms with Crippen molar-refractivity contribution in [1.82, 2.24) is 16.0 Å². The summed E-state index contributed by atoms with van der Waals surface area (Å²) in [6, 6.07) is 6.01. The molecule has 0 aliphatic carbocycles. The first-order valence-electron chi connectivity index (χ1n) is 9.15. The van der Waals surface area contributed by atoms with Crippen LogP contribution in [-0.4, -0.2) is 35.9 Å². The van der Waals surface area contributed by atoms with Gasteiger partial charge in [-0.05, 0) is 31.5 Å². The molecule has 0 spiro atoms. The van der Waals surface area contributed by atoms with Gasteiger partial charge in [-0.2, -0.15) is 0 Å². The van der Waals surface area contributed by atoms with Gasteiger partial charge in [0.1, 0.15) is 11.3 Å². The number of carbonyl (C=O) groups is 2. The molecule has 1 aromatic carbocycles. The highest BCUT2D eigenvalue weighted by Gasteiger charge is 2.48. The SMILES string of the molecule is C=CCSC1NC(=O)C2C(NC(C)=C(C(=O)OCC)C2c2cccc(F)c2)N1. The molecule has 0 aromatic heterocycles. The maximum absolute atomic E-state index is 13.9. The van der Waals surface area contributed by atoms with E-state index in [1.54, 1.807) is 32.1 Å². The lowest BCUT2D eigenvalue weighted by atomic mass is 9.74. The third kappa shape index (κ3) is 4.07. The molecule has 2 aliphatic heterocycles. The van der Waals surface area contributed by atoms with Gasteiger partial charge in [-0.15, -0.1) is 18.3 Å². The first-order chi connectivity index (χ1) is 13.5. The van der Waals surface area contributed by atoms with E-state index in [0.717, 1.165) is 0 Å². The number of thioether (sulfide) groups is 1. The Kier molecular flexibility index (Phi) is 6.41. The molecule has 3 rings (SSSR count). The normalized spacial score (nSPS) is 26.8. The number of hydrogen-bond acceptors (Lipinski definition) is 6. The van der Waals surface area contributed by atoms with Gasteiger partial charge in [-0.25, -0.2) is 9.18 Å². The molecule has 1 saturated heterocycles. The fourth-order valence-corrected chi connectivity index (χ4v) is 4.47. The number of carbonyl (C=O) groups excluding carboxylic acids is 2. The highest BCUT2D eigenvalue weighted by Crippen LogP contribution is 2.41. The topological polar surface area (TPSA) is 79.5 Å². The molecule has 0 bridgehead atoms. The molecule has 1 aromatic rings. The van der Waals surface area contributed by atoms with Crippen LogP contribution in [0, 0.1) is 11.7 Å². The van der Waals surface area contributed by atoms with Gasteiger partial charge < -0.3 is 15.4 Å².